The van der Waals surface area contributed by atoms with Crippen LogP contribution in [-0.4, -0.2) is 22.5 Å². The zero-order valence-electron chi connectivity index (χ0n) is 23.6. The highest BCUT2D eigenvalue weighted by molar-refractivity contribution is 6.03. The lowest BCUT2D eigenvalue weighted by molar-refractivity contribution is 0.399. The van der Waals surface area contributed by atoms with E-state index >= 15 is 0 Å². The average molecular weight is 497 g/mol. The predicted molar refractivity (Wildman–Crippen MR) is 166 cm³/mol. The Morgan fingerprint density at radius 1 is 1.03 bits per heavy atom. The molecule has 1 N–H and O–H groups in total. The van der Waals surface area contributed by atoms with Crippen molar-refractivity contribution in [3.05, 3.63) is 113 Å². The van der Waals surface area contributed by atoms with Crippen LogP contribution >= 0.6 is 0 Å². The Kier molecular flexibility index (Phi) is 14.3. The van der Waals surface area contributed by atoms with Crippen molar-refractivity contribution >= 4 is 35.3 Å². The molecule has 0 fully saturated rings. The van der Waals surface area contributed by atoms with Crippen LogP contribution in [0.3, 0.4) is 0 Å². The molecule has 0 unspecified atom stereocenters. The van der Waals surface area contributed by atoms with E-state index < -0.39 is 0 Å². The van der Waals surface area contributed by atoms with Gasteiger partial charge in [0.05, 0.1) is 16.4 Å². The summed E-state index contributed by atoms with van der Waals surface area (Å²) in [6.45, 7) is 22.4. The summed E-state index contributed by atoms with van der Waals surface area (Å²) in [6.07, 6.45) is 19.1. The molecule has 0 bridgehead atoms. The first-order valence-corrected chi connectivity index (χ1v) is 13.0. The van der Waals surface area contributed by atoms with Crippen molar-refractivity contribution in [1.82, 2.24) is 4.57 Å². The first kappa shape index (κ1) is 31.3. The number of nitrogens with zero attached hydrogens (tertiary/aromatic N) is 2. The minimum Gasteiger partial charge on any atom is -0.400 e. The lowest BCUT2D eigenvalue weighted by Crippen LogP contribution is -2.39. The molecular formula is C34H44N2O. The summed E-state index contributed by atoms with van der Waals surface area (Å²) in [5, 5.41) is 11.5. The maximum absolute atomic E-state index is 7.00. The van der Waals surface area contributed by atoms with Gasteiger partial charge in [0.25, 0.3) is 0 Å². The van der Waals surface area contributed by atoms with Crippen LogP contribution in [0.2, 0.25) is 0 Å². The Labute approximate surface area is 223 Å². The lowest BCUT2D eigenvalue weighted by Gasteiger charge is -2.15. The maximum atomic E-state index is 7.00. The van der Waals surface area contributed by atoms with Crippen LogP contribution in [0.15, 0.2) is 91.0 Å². The lowest BCUT2D eigenvalue weighted by atomic mass is 10.0. The molecule has 1 aliphatic heterocycles. The normalized spacial score (nSPS) is 15.4. The standard InChI is InChI=1S/C31H34N2.C2H6.CH4O/c1-7-16-26-29(22-24(10-4)11-5)33(28(17-8-2)31(26)23(6)9-3)30-21-15-20-27(32-30)25-18-13-12-14-19-25;2*1-2/h7-8,10-14,16-19,21-22H,1-2,4,9,15,20H2,3,5-6H3;1-2H3;2H,1H3/b24-11-,26-16-,28-17+,29-22+,31-23+;;. The number of allylic oxidation sites excluding steroid dienone is 6. The topological polar surface area (TPSA) is 37.5 Å². The van der Waals surface area contributed by atoms with Crippen LogP contribution < -0.4 is 21.1 Å². The van der Waals surface area contributed by atoms with Crippen LogP contribution in [0.4, 0.5) is 0 Å². The Hall–Kier alpha value is -3.69. The van der Waals surface area contributed by atoms with E-state index in [-0.39, 0.29) is 0 Å². The summed E-state index contributed by atoms with van der Waals surface area (Å²) in [5.41, 5.74) is 4.65. The number of hydrogen-bond acceptors (Lipinski definition) is 2. The summed E-state index contributed by atoms with van der Waals surface area (Å²) in [7, 11) is 1.00. The SMILES string of the molecule is C=C/C=c1\c(=C(\C)CC)\c(=C/C=C)n(C2=CCCC(c3ccccc3)=N2)\c1=C\C(C=C)=C/C.CC.CO. The van der Waals surface area contributed by atoms with E-state index in [9.17, 15) is 0 Å². The monoisotopic (exact) mass is 496 g/mol. The second kappa shape index (κ2) is 16.9. The minimum atomic E-state index is 0.930. The van der Waals surface area contributed by atoms with Gasteiger partial charge in [0, 0.05) is 17.5 Å². The molecule has 3 nitrogen and oxygen atoms in total. The Balaban J connectivity index is 0.00000163. The van der Waals surface area contributed by atoms with E-state index in [0.29, 0.717) is 0 Å². The van der Waals surface area contributed by atoms with E-state index in [1.807, 2.05) is 45.1 Å². The number of benzene rings is 1. The molecule has 0 amide bonds. The van der Waals surface area contributed by atoms with Crippen LogP contribution in [0.5, 0.6) is 0 Å². The molecule has 3 rings (SSSR count). The zero-order chi connectivity index (χ0) is 27.8. The van der Waals surface area contributed by atoms with Gasteiger partial charge in [-0.25, -0.2) is 4.99 Å². The fourth-order valence-corrected chi connectivity index (χ4v) is 4.18. The zero-order valence-corrected chi connectivity index (χ0v) is 23.6. The molecule has 0 aliphatic carbocycles. The number of aliphatic hydroxyl groups excluding tert-OH is 1. The van der Waals surface area contributed by atoms with Gasteiger partial charge in [0.15, 0.2) is 0 Å². The van der Waals surface area contributed by atoms with Crippen LogP contribution in [0.1, 0.15) is 59.4 Å². The Morgan fingerprint density at radius 3 is 2.22 bits per heavy atom. The summed E-state index contributed by atoms with van der Waals surface area (Å²) < 4.78 is 2.26. The van der Waals surface area contributed by atoms with Crippen molar-refractivity contribution in [2.45, 2.75) is 53.9 Å². The molecule has 1 aromatic heterocycles. The smallest absolute Gasteiger partial charge is 0.133 e. The van der Waals surface area contributed by atoms with Crippen molar-refractivity contribution < 1.29 is 5.11 Å². The van der Waals surface area contributed by atoms with Gasteiger partial charge < -0.3 is 5.11 Å². The molecule has 1 aromatic carbocycles. The van der Waals surface area contributed by atoms with E-state index in [4.69, 9.17) is 10.1 Å². The number of hydrogen-bond donors (Lipinski definition) is 1. The van der Waals surface area contributed by atoms with E-state index in [1.165, 1.54) is 16.4 Å². The molecule has 0 radical (unpaired) electrons. The first-order valence-electron chi connectivity index (χ1n) is 13.0. The van der Waals surface area contributed by atoms with Crippen molar-refractivity contribution in [3.8, 4) is 0 Å². The van der Waals surface area contributed by atoms with Crippen molar-refractivity contribution in [3.63, 3.8) is 0 Å². The molecule has 196 valence electrons. The van der Waals surface area contributed by atoms with E-state index in [0.717, 1.165) is 59.4 Å². The molecule has 0 spiro atoms. The van der Waals surface area contributed by atoms with E-state index in [1.54, 1.807) is 0 Å². The van der Waals surface area contributed by atoms with Crippen molar-refractivity contribution in [2.24, 2.45) is 4.99 Å². The molecule has 1 aliphatic rings. The van der Waals surface area contributed by atoms with Gasteiger partial charge in [-0.3, -0.25) is 4.57 Å². The highest BCUT2D eigenvalue weighted by atomic mass is 16.2. The fraction of sp³-hybridized carbons (Fsp3) is 0.265. The highest BCUT2D eigenvalue weighted by Gasteiger charge is 2.15. The average Bonchev–Trinajstić information content (AvgIpc) is 3.26. The van der Waals surface area contributed by atoms with Gasteiger partial charge in [-0.05, 0) is 62.5 Å². The number of aliphatic imine (C=N–C) groups is 1. The quantitative estimate of drug-likeness (QED) is 0.496. The first-order chi connectivity index (χ1) is 18.1. The van der Waals surface area contributed by atoms with Crippen LogP contribution in [0.25, 0.3) is 29.6 Å². The van der Waals surface area contributed by atoms with Gasteiger partial charge in [-0.15, -0.1) is 0 Å². The van der Waals surface area contributed by atoms with Crippen molar-refractivity contribution in [1.29, 1.82) is 0 Å². The van der Waals surface area contributed by atoms with Gasteiger partial charge in [0.1, 0.15) is 5.82 Å². The third-order valence-corrected chi connectivity index (χ3v) is 5.97. The largest absolute Gasteiger partial charge is 0.400 e. The summed E-state index contributed by atoms with van der Waals surface area (Å²) in [6, 6.07) is 10.4. The number of rotatable bonds is 7. The molecular weight excluding hydrogens is 452 g/mol. The minimum absolute atomic E-state index is 0.930. The summed E-state index contributed by atoms with van der Waals surface area (Å²) >= 11 is 0. The molecule has 0 atom stereocenters. The fourth-order valence-electron chi connectivity index (χ4n) is 4.18. The molecule has 3 heteroatoms. The Morgan fingerprint density at radius 2 is 1.68 bits per heavy atom. The van der Waals surface area contributed by atoms with Gasteiger partial charge in [0.2, 0.25) is 0 Å². The molecule has 37 heavy (non-hydrogen) atoms. The third kappa shape index (κ3) is 7.65. The maximum Gasteiger partial charge on any atom is 0.133 e. The highest BCUT2D eigenvalue weighted by Crippen LogP contribution is 2.17. The van der Waals surface area contributed by atoms with E-state index in [2.05, 4.69) is 92.8 Å². The van der Waals surface area contributed by atoms with Crippen LogP contribution in [-0.2, 0) is 0 Å². The molecule has 2 heterocycles. The third-order valence-electron chi connectivity index (χ3n) is 5.97. The summed E-state index contributed by atoms with van der Waals surface area (Å²) in [5.74, 6) is 0.938. The van der Waals surface area contributed by atoms with Gasteiger partial charge >= 0.3 is 0 Å². The molecule has 0 saturated heterocycles. The van der Waals surface area contributed by atoms with Crippen molar-refractivity contribution in [2.75, 3.05) is 7.11 Å². The predicted octanol–water partition coefficient (Wildman–Crippen LogP) is 5.63. The van der Waals surface area contributed by atoms with Gasteiger partial charge in [-0.2, -0.15) is 0 Å². The second-order valence-corrected chi connectivity index (χ2v) is 8.00. The number of aliphatic hydroxyl groups is 1. The Bertz CT molecular complexity index is 1390. The summed E-state index contributed by atoms with van der Waals surface area (Å²) in [4.78, 5) is 5.16. The van der Waals surface area contributed by atoms with Crippen LogP contribution in [0, 0.1) is 0 Å². The molecule has 2 aromatic rings. The van der Waals surface area contributed by atoms with Gasteiger partial charge in [-0.1, -0.05) is 107 Å². The molecule has 0 saturated carbocycles. The number of aromatic nitrogens is 1. The second-order valence-electron chi connectivity index (χ2n) is 8.00.